The van der Waals surface area contributed by atoms with Gasteiger partial charge in [-0.05, 0) is 6.42 Å². The highest BCUT2D eigenvalue weighted by molar-refractivity contribution is 7.99. The predicted molar refractivity (Wildman–Crippen MR) is 117 cm³/mol. The molecule has 0 saturated carbocycles. The number of hydrogen-bond acceptors (Lipinski definition) is 6. The zero-order valence-electron chi connectivity index (χ0n) is 15.7. The minimum Gasteiger partial charge on any atom is -0.497 e. The smallest absolute Gasteiger partial charge is 0.221 e. The lowest BCUT2D eigenvalue weighted by Crippen LogP contribution is -2.44. The number of anilines is 1. The number of carbonyl (C=O) groups excluding carboxylic acids is 1. The van der Waals surface area contributed by atoms with E-state index in [9.17, 15) is 4.79 Å². The molecular weight excluding hydrogens is 409 g/mol. The van der Waals surface area contributed by atoms with Crippen molar-refractivity contribution in [2.24, 2.45) is 0 Å². The molecule has 2 N–H and O–H groups in total. The van der Waals surface area contributed by atoms with Crippen LogP contribution >= 0.6 is 36.6 Å². The Kier molecular flexibility index (Phi) is 10.4. The summed E-state index contributed by atoms with van der Waals surface area (Å²) in [7, 11) is 3.31. The first-order valence-corrected chi connectivity index (χ1v) is 9.92. The number of methoxy groups -OCH3 is 2. The summed E-state index contributed by atoms with van der Waals surface area (Å²) < 4.78 is 10.7. The van der Waals surface area contributed by atoms with Crippen molar-refractivity contribution in [1.29, 1.82) is 0 Å². The van der Waals surface area contributed by atoms with Gasteiger partial charge in [-0.25, -0.2) is 0 Å². The van der Waals surface area contributed by atoms with E-state index in [1.54, 1.807) is 14.2 Å². The lowest BCUT2D eigenvalue weighted by Gasteiger charge is -2.24. The third-order valence-electron chi connectivity index (χ3n) is 4.68. The van der Waals surface area contributed by atoms with Gasteiger partial charge >= 0.3 is 0 Å². The molecule has 2 aliphatic rings. The molecule has 1 amide bonds. The quantitative estimate of drug-likeness (QED) is 0.711. The average molecular weight is 438 g/mol. The van der Waals surface area contributed by atoms with Gasteiger partial charge in [-0.1, -0.05) is 0 Å². The summed E-state index contributed by atoms with van der Waals surface area (Å²) in [6, 6.07) is 6.39. The molecule has 2 heterocycles. The van der Waals surface area contributed by atoms with Gasteiger partial charge in [-0.3, -0.25) is 4.79 Å². The summed E-state index contributed by atoms with van der Waals surface area (Å²) in [4.78, 5) is 14.6. The second-order valence-electron chi connectivity index (χ2n) is 6.50. The second kappa shape index (κ2) is 11.7. The number of benzene rings is 1. The van der Waals surface area contributed by atoms with Crippen LogP contribution in [-0.4, -0.2) is 63.4 Å². The molecule has 2 unspecified atom stereocenters. The molecule has 154 valence electrons. The molecule has 1 aromatic carbocycles. The first-order chi connectivity index (χ1) is 12.2. The van der Waals surface area contributed by atoms with Crippen LogP contribution in [0, 0.1) is 0 Å². The molecule has 0 aliphatic carbocycles. The van der Waals surface area contributed by atoms with Gasteiger partial charge in [-0.15, -0.1) is 24.8 Å². The van der Waals surface area contributed by atoms with Gasteiger partial charge in [0.05, 0.1) is 14.2 Å². The van der Waals surface area contributed by atoms with Crippen LogP contribution in [-0.2, 0) is 4.79 Å². The fourth-order valence-electron chi connectivity index (χ4n) is 3.35. The molecule has 0 radical (unpaired) electrons. The van der Waals surface area contributed by atoms with Crippen molar-refractivity contribution < 1.29 is 14.3 Å². The van der Waals surface area contributed by atoms with Crippen LogP contribution in [0.4, 0.5) is 5.69 Å². The molecule has 2 aliphatic heterocycles. The van der Waals surface area contributed by atoms with Crippen LogP contribution in [0.1, 0.15) is 12.8 Å². The third kappa shape index (κ3) is 6.82. The number of nitrogens with one attached hydrogen (secondary N) is 2. The highest BCUT2D eigenvalue weighted by atomic mass is 35.5. The summed E-state index contributed by atoms with van der Waals surface area (Å²) in [5.74, 6) is 3.87. The van der Waals surface area contributed by atoms with Gasteiger partial charge in [0, 0.05) is 73.5 Å². The molecular formula is C18H29Cl2N3O3S. The summed E-state index contributed by atoms with van der Waals surface area (Å²) in [5, 5.41) is 6.61. The Balaban J connectivity index is 0.00000182. The summed E-state index contributed by atoms with van der Waals surface area (Å²) in [5.41, 5.74) is 1.07. The van der Waals surface area contributed by atoms with E-state index in [-0.39, 0.29) is 36.8 Å². The van der Waals surface area contributed by atoms with E-state index < -0.39 is 0 Å². The zero-order valence-corrected chi connectivity index (χ0v) is 18.2. The Labute approximate surface area is 177 Å². The maximum absolute atomic E-state index is 12.3. The summed E-state index contributed by atoms with van der Waals surface area (Å²) in [6.07, 6.45) is 1.52. The van der Waals surface area contributed by atoms with Crippen LogP contribution in [0.2, 0.25) is 0 Å². The van der Waals surface area contributed by atoms with Crippen molar-refractivity contribution in [1.82, 2.24) is 10.6 Å². The number of halogens is 2. The topological polar surface area (TPSA) is 62.8 Å². The van der Waals surface area contributed by atoms with Crippen molar-refractivity contribution >= 4 is 48.2 Å². The van der Waals surface area contributed by atoms with Crippen LogP contribution < -0.4 is 25.0 Å². The lowest BCUT2D eigenvalue weighted by atomic mass is 10.2. The minimum absolute atomic E-state index is 0. The first-order valence-electron chi connectivity index (χ1n) is 8.76. The van der Waals surface area contributed by atoms with Gasteiger partial charge in [0.25, 0.3) is 0 Å². The van der Waals surface area contributed by atoms with E-state index in [2.05, 4.69) is 15.5 Å². The van der Waals surface area contributed by atoms with Crippen molar-refractivity contribution in [2.45, 2.75) is 24.9 Å². The van der Waals surface area contributed by atoms with Crippen molar-refractivity contribution in [3.05, 3.63) is 18.2 Å². The van der Waals surface area contributed by atoms with Gasteiger partial charge in [0.1, 0.15) is 11.5 Å². The van der Waals surface area contributed by atoms with E-state index in [1.807, 2.05) is 30.0 Å². The first kappa shape index (κ1) is 24.0. The number of amides is 1. The molecule has 2 atom stereocenters. The highest BCUT2D eigenvalue weighted by Gasteiger charge is 2.26. The molecule has 2 saturated heterocycles. The van der Waals surface area contributed by atoms with Crippen LogP contribution in [0.15, 0.2) is 18.2 Å². The van der Waals surface area contributed by atoms with Gasteiger partial charge in [0.15, 0.2) is 0 Å². The average Bonchev–Trinajstić information content (AvgIpc) is 3.10. The summed E-state index contributed by atoms with van der Waals surface area (Å²) in [6.45, 7) is 2.73. The monoisotopic (exact) mass is 437 g/mol. The normalized spacial score (nSPS) is 21.6. The molecule has 9 heteroatoms. The zero-order chi connectivity index (χ0) is 17.6. The standard InChI is InChI=1S/C18H27N3O3S.2ClH/c1-23-16-8-15(9-17(10-16)24-2)21-5-3-13(11-21)20-18(22)7-14-12-25-6-4-19-14;;/h8-10,13-14,19H,3-7,11-12H2,1-2H3,(H,20,22);2*1H. The Morgan fingerprint density at radius 2 is 1.96 bits per heavy atom. The molecule has 0 aromatic heterocycles. The van der Waals surface area contributed by atoms with E-state index in [0.29, 0.717) is 12.5 Å². The minimum atomic E-state index is 0. The fraction of sp³-hybridized carbons (Fsp3) is 0.611. The molecule has 0 spiro atoms. The van der Waals surface area contributed by atoms with E-state index in [1.165, 1.54) is 0 Å². The van der Waals surface area contributed by atoms with E-state index in [4.69, 9.17) is 9.47 Å². The number of nitrogens with zero attached hydrogens (tertiary/aromatic N) is 1. The van der Waals surface area contributed by atoms with Gasteiger partial charge in [-0.2, -0.15) is 11.8 Å². The van der Waals surface area contributed by atoms with Crippen molar-refractivity contribution in [2.75, 3.05) is 50.3 Å². The van der Waals surface area contributed by atoms with Crippen LogP contribution in [0.5, 0.6) is 11.5 Å². The van der Waals surface area contributed by atoms with E-state index >= 15 is 0 Å². The Bertz CT molecular complexity index is 581. The molecule has 2 fully saturated rings. The fourth-order valence-corrected chi connectivity index (χ4v) is 4.30. The van der Waals surface area contributed by atoms with Crippen molar-refractivity contribution in [3.8, 4) is 11.5 Å². The number of carbonyl (C=O) groups is 1. The number of ether oxygens (including phenoxy) is 2. The predicted octanol–water partition coefficient (Wildman–Crippen LogP) is 2.34. The van der Waals surface area contributed by atoms with Gasteiger partial charge in [0.2, 0.25) is 5.91 Å². The van der Waals surface area contributed by atoms with Crippen LogP contribution in [0.25, 0.3) is 0 Å². The molecule has 0 bridgehead atoms. The third-order valence-corrected chi connectivity index (χ3v) is 5.82. The Morgan fingerprint density at radius 1 is 1.26 bits per heavy atom. The van der Waals surface area contributed by atoms with Gasteiger partial charge < -0.3 is 25.0 Å². The molecule has 27 heavy (non-hydrogen) atoms. The lowest BCUT2D eigenvalue weighted by molar-refractivity contribution is -0.122. The second-order valence-corrected chi connectivity index (χ2v) is 7.65. The number of thioether (sulfide) groups is 1. The van der Waals surface area contributed by atoms with E-state index in [0.717, 1.165) is 54.7 Å². The molecule has 3 rings (SSSR count). The Hall–Kier alpha value is -1.02. The maximum atomic E-state index is 12.3. The summed E-state index contributed by atoms with van der Waals surface area (Å²) >= 11 is 1.92. The van der Waals surface area contributed by atoms with Crippen LogP contribution in [0.3, 0.4) is 0 Å². The molecule has 1 aromatic rings. The maximum Gasteiger partial charge on any atom is 0.221 e. The number of hydrogen-bond donors (Lipinski definition) is 2. The number of rotatable bonds is 6. The largest absolute Gasteiger partial charge is 0.497 e. The highest BCUT2D eigenvalue weighted by Crippen LogP contribution is 2.30. The Morgan fingerprint density at radius 3 is 2.56 bits per heavy atom. The SMILES string of the molecule is COc1cc(OC)cc(N2CCC(NC(=O)CC3CSCCN3)C2)c1.Cl.Cl. The molecule has 6 nitrogen and oxygen atoms in total. The van der Waals surface area contributed by atoms with Crippen molar-refractivity contribution in [3.63, 3.8) is 0 Å².